The highest BCUT2D eigenvalue weighted by Crippen LogP contribution is 2.34. The zero-order chi connectivity index (χ0) is 16.9. The number of carbonyl (C=O) groups is 1. The second kappa shape index (κ2) is 9.44. The van der Waals surface area contributed by atoms with Crippen LogP contribution in [0.15, 0.2) is 24.3 Å². The minimum Gasteiger partial charge on any atom is -0.497 e. The summed E-state index contributed by atoms with van der Waals surface area (Å²) in [6.45, 7) is 0.876. The molecule has 2 fully saturated rings. The van der Waals surface area contributed by atoms with Crippen LogP contribution >= 0.6 is 12.4 Å². The molecule has 0 spiro atoms. The van der Waals surface area contributed by atoms with E-state index in [4.69, 9.17) is 10.5 Å². The van der Waals surface area contributed by atoms with Gasteiger partial charge in [0.1, 0.15) is 5.75 Å². The predicted octanol–water partition coefficient (Wildman–Crippen LogP) is 4.08. The molecule has 1 aliphatic heterocycles. The lowest BCUT2D eigenvalue weighted by molar-refractivity contribution is -0.139. The van der Waals surface area contributed by atoms with Crippen LogP contribution in [0, 0.1) is 5.92 Å². The standard InChI is InChI=1S/C20H30N2O2.ClH/c1-24-18-11-9-15(10-12-18)19-8-3-2-4-13-22(19)20(23)16-6-5-7-17(21)14-16;/h9-12,16-17,19H,2-8,13-14,21H2,1H3;1H. The maximum Gasteiger partial charge on any atom is 0.226 e. The molecule has 0 aromatic heterocycles. The van der Waals surface area contributed by atoms with Gasteiger partial charge in [-0.1, -0.05) is 31.4 Å². The van der Waals surface area contributed by atoms with Gasteiger partial charge in [0.25, 0.3) is 0 Å². The summed E-state index contributed by atoms with van der Waals surface area (Å²) in [6.07, 6.45) is 8.55. The van der Waals surface area contributed by atoms with E-state index in [1.54, 1.807) is 7.11 Å². The SMILES string of the molecule is COc1ccc(C2CCCCCN2C(=O)C2CCCC(N)C2)cc1.Cl. The van der Waals surface area contributed by atoms with Crippen molar-refractivity contribution in [2.24, 2.45) is 11.7 Å². The Morgan fingerprint density at radius 2 is 1.84 bits per heavy atom. The number of nitrogens with two attached hydrogens (primary N) is 1. The molecule has 1 heterocycles. The first-order chi connectivity index (χ1) is 11.7. The lowest BCUT2D eigenvalue weighted by Crippen LogP contribution is -2.42. The second-order valence-corrected chi connectivity index (χ2v) is 7.29. The summed E-state index contributed by atoms with van der Waals surface area (Å²) in [5.41, 5.74) is 7.34. The summed E-state index contributed by atoms with van der Waals surface area (Å²) < 4.78 is 5.27. The fourth-order valence-electron chi connectivity index (χ4n) is 4.23. The predicted molar refractivity (Wildman–Crippen MR) is 103 cm³/mol. The number of benzene rings is 1. The summed E-state index contributed by atoms with van der Waals surface area (Å²) in [4.78, 5) is 15.4. The lowest BCUT2D eigenvalue weighted by atomic mass is 9.84. The number of halogens is 1. The van der Waals surface area contributed by atoms with Gasteiger partial charge in [-0.3, -0.25) is 4.79 Å². The fourth-order valence-corrected chi connectivity index (χ4v) is 4.23. The van der Waals surface area contributed by atoms with Crippen LogP contribution < -0.4 is 10.5 Å². The van der Waals surface area contributed by atoms with Crippen LogP contribution in [0.4, 0.5) is 0 Å². The highest BCUT2D eigenvalue weighted by molar-refractivity contribution is 5.85. The van der Waals surface area contributed by atoms with Gasteiger partial charge >= 0.3 is 0 Å². The van der Waals surface area contributed by atoms with Crippen molar-refractivity contribution in [1.29, 1.82) is 0 Å². The Hall–Kier alpha value is -1.26. The van der Waals surface area contributed by atoms with Crippen molar-refractivity contribution >= 4 is 18.3 Å². The molecule has 3 unspecified atom stereocenters. The van der Waals surface area contributed by atoms with Gasteiger partial charge in [0.15, 0.2) is 0 Å². The Kier molecular flexibility index (Phi) is 7.57. The Bertz CT molecular complexity index is 549. The number of methoxy groups -OCH3 is 1. The number of nitrogens with zero attached hydrogens (tertiary/aromatic N) is 1. The van der Waals surface area contributed by atoms with Crippen LogP contribution in [0.2, 0.25) is 0 Å². The fraction of sp³-hybridized carbons (Fsp3) is 0.650. The van der Waals surface area contributed by atoms with E-state index in [1.807, 2.05) is 12.1 Å². The van der Waals surface area contributed by atoms with E-state index in [-0.39, 0.29) is 30.4 Å². The molecule has 4 nitrogen and oxygen atoms in total. The van der Waals surface area contributed by atoms with Gasteiger partial charge in [-0.15, -0.1) is 12.4 Å². The summed E-state index contributed by atoms with van der Waals surface area (Å²) in [5, 5.41) is 0. The van der Waals surface area contributed by atoms with Gasteiger partial charge in [0.05, 0.1) is 13.2 Å². The monoisotopic (exact) mass is 366 g/mol. The van der Waals surface area contributed by atoms with Crippen LogP contribution in [0.1, 0.15) is 63.0 Å². The molecule has 1 aromatic carbocycles. The molecule has 3 atom stereocenters. The smallest absolute Gasteiger partial charge is 0.226 e. The Morgan fingerprint density at radius 3 is 2.52 bits per heavy atom. The first-order valence-electron chi connectivity index (χ1n) is 9.39. The van der Waals surface area contributed by atoms with Crippen molar-refractivity contribution in [3.8, 4) is 5.75 Å². The highest BCUT2D eigenvalue weighted by atomic mass is 35.5. The molecule has 0 bridgehead atoms. The molecule has 1 amide bonds. The van der Waals surface area contributed by atoms with Crippen molar-refractivity contribution in [1.82, 2.24) is 4.90 Å². The number of hydrogen-bond acceptors (Lipinski definition) is 3. The number of likely N-dealkylation sites (tertiary alicyclic amines) is 1. The molecule has 1 aromatic rings. The normalized spacial score (nSPS) is 27.1. The van der Waals surface area contributed by atoms with Gasteiger partial charge in [0, 0.05) is 18.5 Å². The first kappa shape index (κ1) is 20.1. The van der Waals surface area contributed by atoms with Crippen LogP contribution in [0.3, 0.4) is 0 Å². The molecule has 140 valence electrons. The molecule has 5 heteroatoms. The van der Waals surface area contributed by atoms with Gasteiger partial charge in [-0.05, 0) is 49.8 Å². The zero-order valence-electron chi connectivity index (χ0n) is 15.2. The van der Waals surface area contributed by atoms with Crippen LogP contribution in [0.5, 0.6) is 5.75 Å². The molecular weight excluding hydrogens is 336 g/mol. The topological polar surface area (TPSA) is 55.6 Å². The van der Waals surface area contributed by atoms with E-state index in [1.165, 1.54) is 18.4 Å². The molecule has 3 rings (SSSR count). The van der Waals surface area contributed by atoms with E-state index in [9.17, 15) is 4.79 Å². The molecule has 2 aliphatic rings. The second-order valence-electron chi connectivity index (χ2n) is 7.29. The van der Waals surface area contributed by atoms with Crippen molar-refractivity contribution in [3.63, 3.8) is 0 Å². The average Bonchev–Trinajstić information content (AvgIpc) is 2.87. The summed E-state index contributed by atoms with van der Waals surface area (Å²) >= 11 is 0. The number of hydrogen-bond donors (Lipinski definition) is 1. The van der Waals surface area contributed by atoms with E-state index in [0.29, 0.717) is 5.91 Å². The van der Waals surface area contributed by atoms with Gasteiger partial charge in [-0.25, -0.2) is 0 Å². The molecule has 25 heavy (non-hydrogen) atoms. The third kappa shape index (κ3) is 4.89. The number of amides is 1. The van der Waals surface area contributed by atoms with E-state index >= 15 is 0 Å². The van der Waals surface area contributed by atoms with E-state index < -0.39 is 0 Å². The van der Waals surface area contributed by atoms with Crippen LogP contribution in [-0.2, 0) is 4.79 Å². The summed E-state index contributed by atoms with van der Waals surface area (Å²) in [5.74, 6) is 1.31. The Balaban J connectivity index is 0.00000225. The van der Waals surface area contributed by atoms with Crippen molar-refractivity contribution in [2.45, 2.75) is 63.5 Å². The largest absolute Gasteiger partial charge is 0.497 e. The number of ether oxygens (including phenoxy) is 1. The van der Waals surface area contributed by atoms with Gasteiger partial charge in [0.2, 0.25) is 5.91 Å². The van der Waals surface area contributed by atoms with E-state index in [2.05, 4.69) is 17.0 Å². The van der Waals surface area contributed by atoms with Crippen molar-refractivity contribution in [2.75, 3.05) is 13.7 Å². The molecule has 1 aliphatic carbocycles. The van der Waals surface area contributed by atoms with E-state index in [0.717, 1.165) is 50.8 Å². The minimum absolute atomic E-state index is 0. The molecular formula is C20H31ClN2O2. The quantitative estimate of drug-likeness (QED) is 0.876. The molecule has 1 saturated carbocycles. The summed E-state index contributed by atoms with van der Waals surface area (Å²) in [6, 6.07) is 8.62. The summed E-state index contributed by atoms with van der Waals surface area (Å²) in [7, 11) is 1.68. The lowest BCUT2D eigenvalue weighted by Gasteiger charge is -2.36. The molecule has 2 N–H and O–H groups in total. The average molecular weight is 367 g/mol. The van der Waals surface area contributed by atoms with Gasteiger partial charge < -0.3 is 15.4 Å². The first-order valence-corrected chi connectivity index (χ1v) is 9.39. The maximum atomic E-state index is 13.2. The molecule has 0 radical (unpaired) electrons. The number of rotatable bonds is 3. The third-order valence-electron chi connectivity index (χ3n) is 5.60. The van der Waals surface area contributed by atoms with Crippen LogP contribution in [-0.4, -0.2) is 30.5 Å². The number of carbonyl (C=O) groups excluding carboxylic acids is 1. The Morgan fingerprint density at radius 1 is 1.08 bits per heavy atom. The molecule has 1 saturated heterocycles. The van der Waals surface area contributed by atoms with Crippen LogP contribution in [0.25, 0.3) is 0 Å². The Labute approximate surface area is 157 Å². The highest BCUT2D eigenvalue weighted by Gasteiger charge is 2.33. The van der Waals surface area contributed by atoms with Crippen molar-refractivity contribution in [3.05, 3.63) is 29.8 Å². The third-order valence-corrected chi connectivity index (χ3v) is 5.60. The van der Waals surface area contributed by atoms with Gasteiger partial charge in [-0.2, -0.15) is 0 Å². The van der Waals surface area contributed by atoms with Crippen molar-refractivity contribution < 1.29 is 9.53 Å². The maximum absolute atomic E-state index is 13.2. The zero-order valence-corrected chi connectivity index (χ0v) is 16.0. The minimum atomic E-state index is 0.